The Morgan fingerprint density at radius 3 is 2.86 bits per heavy atom. The number of aliphatic hydroxyl groups excluding tert-OH is 1. The summed E-state index contributed by atoms with van der Waals surface area (Å²) in [7, 11) is 0. The van der Waals surface area contributed by atoms with Gasteiger partial charge in [0.05, 0.1) is 0 Å². The summed E-state index contributed by atoms with van der Waals surface area (Å²) >= 11 is 0. The molecule has 122 valence electrons. The summed E-state index contributed by atoms with van der Waals surface area (Å²) in [4.78, 5) is 0. The van der Waals surface area contributed by atoms with E-state index < -0.39 is 0 Å². The molecule has 1 atom stereocenters. The third-order valence-corrected chi connectivity index (χ3v) is 3.71. The second kappa shape index (κ2) is 12.2. The second-order valence-corrected chi connectivity index (χ2v) is 5.77. The molecule has 0 fully saturated rings. The summed E-state index contributed by atoms with van der Waals surface area (Å²) in [5.74, 6) is 0. The maximum absolute atomic E-state index is 8.97. The van der Waals surface area contributed by atoms with Crippen molar-refractivity contribution in [3.63, 3.8) is 0 Å². The maximum Gasteiger partial charge on any atom is 0.0445 e. The van der Waals surface area contributed by atoms with Crippen molar-refractivity contribution in [2.75, 3.05) is 6.61 Å². The number of aliphatic hydroxyl groups is 1. The van der Waals surface area contributed by atoms with Gasteiger partial charge in [-0.15, -0.1) is 0 Å². The van der Waals surface area contributed by atoms with Crippen LogP contribution in [0.5, 0.6) is 0 Å². The Hall–Kier alpha value is -1.38. The first-order valence-corrected chi connectivity index (χ1v) is 8.47. The van der Waals surface area contributed by atoms with Crippen LogP contribution in [0.25, 0.3) is 0 Å². The molecule has 2 heteroatoms. The summed E-state index contributed by atoms with van der Waals surface area (Å²) < 4.78 is 0. The molecule has 1 aliphatic carbocycles. The Morgan fingerprint density at radius 2 is 2.09 bits per heavy atom. The Morgan fingerprint density at radius 1 is 1.23 bits per heavy atom. The van der Waals surface area contributed by atoms with Crippen LogP contribution in [0.3, 0.4) is 0 Å². The van der Waals surface area contributed by atoms with Gasteiger partial charge >= 0.3 is 0 Å². The van der Waals surface area contributed by atoms with Crippen LogP contribution < -0.4 is 5.73 Å². The largest absolute Gasteiger partial charge is 0.396 e. The van der Waals surface area contributed by atoms with Gasteiger partial charge in [-0.3, -0.25) is 0 Å². The first kappa shape index (κ1) is 18.7. The molecule has 0 aromatic heterocycles. The molecule has 3 N–H and O–H groups in total. The minimum atomic E-state index is 0.0528. The third-order valence-electron chi connectivity index (χ3n) is 3.71. The molecule has 0 radical (unpaired) electrons. The minimum absolute atomic E-state index is 0.0528. The number of rotatable bonds is 8. The van der Waals surface area contributed by atoms with Crippen LogP contribution in [0.1, 0.15) is 51.9 Å². The van der Waals surface area contributed by atoms with Crippen molar-refractivity contribution in [3.8, 4) is 0 Å². The quantitative estimate of drug-likeness (QED) is 0.644. The molecule has 1 unspecified atom stereocenters. The highest BCUT2D eigenvalue weighted by Gasteiger charge is 2.05. The molecule has 0 aromatic rings. The standard InChI is InChI=1S/C20H31NO/c1-2-3-4-5-7-10-18-11-8-6-9-12-19(14-13-18)17-20(21)15-16-22/h3-4,6-7,9-10,13-14,20,22H,2,5,8,11-12,15-17,21H2,1H3/b4-3-,9-6+,10-7+,18-13-,19-14+. The Labute approximate surface area is 135 Å². The van der Waals surface area contributed by atoms with Crippen molar-refractivity contribution in [1.82, 2.24) is 0 Å². The summed E-state index contributed by atoms with van der Waals surface area (Å²) in [6.07, 6.45) is 24.6. The average Bonchev–Trinajstić information content (AvgIpc) is 2.60. The lowest BCUT2D eigenvalue weighted by molar-refractivity contribution is 0.275. The summed E-state index contributed by atoms with van der Waals surface area (Å²) in [5, 5.41) is 8.97. The fraction of sp³-hybridized carbons (Fsp3) is 0.500. The van der Waals surface area contributed by atoms with Crippen molar-refractivity contribution in [2.24, 2.45) is 5.73 Å². The van der Waals surface area contributed by atoms with Gasteiger partial charge in [0, 0.05) is 12.6 Å². The van der Waals surface area contributed by atoms with E-state index in [4.69, 9.17) is 10.8 Å². The lowest BCUT2D eigenvalue weighted by atomic mass is 10.0. The fourth-order valence-electron chi connectivity index (χ4n) is 2.43. The molecule has 0 bridgehead atoms. The third kappa shape index (κ3) is 8.81. The smallest absolute Gasteiger partial charge is 0.0445 e. The van der Waals surface area contributed by atoms with Gasteiger partial charge in [0.2, 0.25) is 0 Å². The van der Waals surface area contributed by atoms with E-state index in [2.05, 4.69) is 55.5 Å². The molecule has 22 heavy (non-hydrogen) atoms. The minimum Gasteiger partial charge on any atom is -0.396 e. The zero-order valence-corrected chi connectivity index (χ0v) is 13.9. The van der Waals surface area contributed by atoms with E-state index in [9.17, 15) is 0 Å². The molecule has 0 heterocycles. The summed E-state index contributed by atoms with van der Waals surface area (Å²) in [5.41, 5.74) is 8.75. The molecule has 1 rings (SSSR count). The molecular formula is C20H31NO. The topological polar surface area (TPSA) is 46.2 Å². The van der Waals surface area contributed by atoms with E-state index >= 15 is 0 Å². The highest BCUT2D eigenvalue weighted by Crippen LogP contribution is 2.17. The van der Waals surface area contributed by atoms with Crippen LogP contribution in [-0.2, 0) is 0 Å². The van der Waals surface area contributed by atoms with Crippen molar-refractivity contribution in [3.05, 3.63) is 59.8 Å². The predicted octanol–water partition coefficient (Wildman–Crippen LogP) is 4.59. The maximum atomic E-state index is 8.97. The molecule has 2 nitrogen and oxygen atoms in total. The van der Waals surface area contributed by atoms with Crippen LogP contribution in [0.15, 0.2) is 59.8 Å². The number of hydrogen-bond donors (Lipinski definition) is 2. The average molecular weight is 301 g/mol. The zero-order chi connectivity index (χ0) is 16.0. The van der Waals surface area contributed by atoms with Crippen LogP contribution in [0.4, 0.5) is 0 Å². The van der Waals surface area contributed by atoms with E-state index in [1.54, 1.807) is 0 Å². The normalized spacial score (nSPS) is 24.1. The van der Waals surface area contributed by atoms with Gasteiger partial charge in [-0.2, -0.15) is 0 Å². The number of nitrogens with two attached hydrogens (primary N) is 1. The first-order chi connectivity index (χ1) is 10.8. The van der Waals surface area contributed by atoms with Gasteiger partial charge in [0.1, 0.15) is 0 Å². The van der Waals surface area contributed by atoms with E-state index in [1.807, 2.05) is 0 Å². The molecule has 0 aromatic carbocycles. The molecule has 0 aliphatic heterocycles. The SMILES string of the molecule is CC/C=C\C/C=C/C1=C/C=C(/CC(N)CCO)C/C=C/CC1. The van der Waals surface area contributed by atoms with Crippen molar-refractivity contribution in [2.45, 2.75) is 57.9 Å². The second-order valence-electron chi connectivity index (χ2n) is 5.77. The molecular weight excluding hydrogens is 270 g/mol. The van der Waals surface area contributed by atoms with Crippen molar-refractivity contribution in [1.29, 1.82) is 0 Å². The Kier molecular flexibility index (Phi) is 10.3. The van der Waals surface area contributed by atoms with Crippen molar-refractivity contribution < 1.29 is 5.11 Å². The van der Waals surface area contributed by atoms with Gasteiger partial charge < -0.3 is 10.8 Å². The van der Waals surface area contributed by atoms with Crippen LogP contribution in [0, 0.1) is 0 Å². The van der Waals surface area contributed by atoms with Crippen molar-refractivity contribution >= 4 is 0 Å². The molecule has 0 saturated carbocycles. The Balaban J connectivity index is 2.67. The molecule has 0 saturated heterocycles. The molecule has 0 spiro atoms. The summed E-state index contributed by atoms with van der Waals surface area (Å²) in [6, 6.07) is 0.0528. The van der Waals surface area contributed by atoms with E-state index in [0.29, 0.717) is 6.42 Å². The van der Waals surface area contributed by atoms with Crippen LogP contribution in [0.2, 0.25) is 0 Å². The highest BCUT2D eigenvalue weighted by atomic mass is 16.3. The van der Waals surface area contributed by atoms with Gasteiger partial charge in [0.15, 0.2) is 0 Å². The van der Waals surface area contributed by atoms with Gasteiger partial charge in [0.25, 0.3) is 0 Å². The lowest BCUT2D eigenvalue weighted by Crippen LogP contribution is -2.21. The van der Waals surface area contributed by atoms with E-state index in [0.717, 1.165) is 38.5 Å². The first-order valence-electron chi connectivity index (χ1n) is 8.47. The predicted molar refractivity (Wildman–Crippen MR) is 96.6 cm³/mol. The van der Waals surface area contributed by atoms with Gasteiger partial charge in [-0.05, 0) is 50.5 Å². The lowest BCUT2D eigenvalue weighted by Gasteiger charge is -2.11. The highest BCUT2D eigenvalue weighted by molar-refractivity contribution is 5.28. The number of hydrogen-bond acceptors (Lipinski definition) is 2. The fourth-order valence-corrected chi connectivity index (χ4v) is 2.43. The van der Waals surface area contributed by atoms with Crippen LogP contribution >= 0.6 is 0 Å². The number of allylic oxidation sites excluding steroid dienone is 9. The van der Waals surface area contributed by atoms with Crippen LogP contribution in [-0.4, -0.2) is 17.8 Å². The molecule has 0 amide bonds. The van der Waals surface area contributed by atoms with Gasteiger partial charge in [-0.1, -0.05) is 61.1 Å². The van der Waals surface area contributed by atoms with Gasteiger partial charge in [-0.25, -0.2) is 0 Å². The zero-order valence-electron chi connectivity index (χ0n) is 13.9. The Bertz CT molecular complexity index is 441. The van der Waals surface area contributed by atoms with E-state index in [-0.39, 0.29) is 12.6 Å². The van der Waals surface area contributed by atoms with E-state index in [1.165, 1.54) is 11.1 Å². The monoisotopic (exact) mass is 301 g/mol. The summed E-state index contributed by atoms with van der Waals surface area (Å²) in [6.45, 7) is 2.32. The molecule has 1 aliphatic rings.